The van der Waals surface area contributed by atoms with Gasteiger partial charge in [0, 0.05) is 32.7 Å². The molecule has 0 spiro atoms. The van der Waals surface area contributed by atoms with Crippen molar-refractivity contribution in [2.75, 3.05) is 39.8 Å². The number of aliphatic carboxylic acids is 1. The van der Waals surface area contributed by atoms with Crippen molar-refractivity contribution in [3.8, 4) is 0 Å². The van der Waals surface area contributed by atoms with Gasteiger partial charge in [-0.1, -0.05) is 0 Å². The second-order valence-electron chi connectivity index (χ2n) is 2.75. The fourth-order valence-electron chi connectivity index (χ4n) is 0.835. The summed E-state index contributed by atoms with van der Waals surface area (Å²) < 4.78 is 0. The summed E-state index contributed by atoms with van der Waals surface area (Å²) in [5, 5.41) is 17.6. The Balaban J connectivity index is 2.87. The molecule has 0 atom stereocenters. The zero-order valence-corrected chi connectivity index (χ0v) is 8.10. The minimum absolute atomic E-state index is 0.191. The Hall–Kier alpha value is -0.650. The number of carboxylic acids is 1. The van der Waals surface area contributed by atoms with Gasteiger partial charge in [-0.25, -0.2) is 0 Å². The first-order chi connectivity index (χ1) is 6.27. The predicted molar refractivity (Wildman–Crippen MR) is 51.9 cm³/mol. The van der Waals surface area contributed by atoms with E-state index >= 15 is 0 Å². The van der Waals surface area contributed by atoms with Crippen LogP contribution in [0.4, 0.5) is 0 Å². The Bertz CT molecular complexity index is 131. The lowest BCUT2D eigenvalue weighted by molar-refractivity contribution is -0.136. The Morgan fingerprint density at radius 3 is 2.15 bits per heavy atom. The molecule has 0 rings (SSSR count). The summed E-state index contributed by atoms with van der Waals surface area (Å²) in [4.78, 5) is 10.1. The lowest BCUT2D eigenvalue weighted by atomic mass is 10.4. The maximum absolute atomic E-state index is 10.1. The van der Waals surface area contributed by atoms with Crippen LogP contribution in [0.25, 0.3) is 0 Å². The van der Waals surface area contributed by atoms with E-state index in [1.165, 1.54) is 0 Å². The number of hydrogen-bond donors (Lipinski definition) is 4. The van der Waals surface area contributed by atoms with Crippen molar-refractivity contribution in [2.45, 2.75) is 6.42 Å². The average molecular weight is 189 g/mol. The van der Waals surface area contributed by atoms with Gasteiger partial charge in [-0.15, -0.1) is 0 Å². The highest BCUT2D eigenvalue weighted by molar-refractivity contribution is 5.66. The molecule has 0 heterocycles. The topological polar surface area (TPSA) is 73.4 Å². The highest BCUT2D eigenvalue weighted by atomic mass is 16.4. The summed E-state index contributed by atoms with van der Waals surface area (Å²) in [7, 11) is 1.91. The summed E-state index contributed by atoms with van der Waals surface area (Å²) in [6, 6.07) is 0. The van der Waals surface area contributed by atoms with Crippen molar-refractivity contribution < 1.29 is 9.90 Å². The second kappa shape index (κ2) is 9.44. The fourth-order valence-corrected chi connectivity index (χ4v) is 0.835. The molecule has 0 fully saturated rings. The van der Waals surface area contributed by atoms with Crippen LogP contribution in [-0.2, 0) is 4.79 Å². The van der Waals surface area contributed by atoms with Gasteiger partial charge in [-0.2, -0.15) is 0 Å². The van der Waals surface area contributed by atoms with E-state index in [1.54, 1.807) is 0 Å². The van der Waals surface area contributed by atoms with Gasteiger partial charge < -0.3 is 21.1 Å². The lowest BCUT2D eigenvalue weighted by Crippen LogP contribution is -2.32. The molecule has 0 aliphatic rings. The molecule has 0 amide bonds. The molecule has 5 heteroatoms. The van der Waals surface area contributed by atoms with Gasteiger partial charge in [-0.05, 0) is 7.05 Å². The molecular weight excluding hydrogens is 170 g/mol. The van der Waals surface area contributed by atoms with E-state index in [2.05, 4.69) is 16.0 Å². The zero-order chi connectivity index (χ0) is 9.94. The number of likely N-dealkylation sites (N-methyl/N-ethyl adjacent to an activating group) is 1. The van der Waals surface area contributed by atoms with Gasteiger partial charge in [0.1, 0.15) is 0 Å². The summed E-state index contributed by atoms with van der Waals surface area (Å²) in [6.07, 6.45) is 0.191. The molecule has 0 unspecified atom stereocenters. The Morgan fingerprint density at radius 1 is 1.08 bits per heavy atom. The SMILES string of the molecule is CNCCNCCNCCC(=O)O. The Morgan fingerprint density at radius 2 is 1.62 bits per heavy atom. The third-order valence-corrected chi connectivity index (χ3v) is 1.55. The number of carbonyl (C=O) groups is 1. The van der Waals surface area contributed by atoms with E-state index < -0.39 is 5.97 Å². The second-order valence-corrected chi connectivity index (χ2v) is 2.75. The maximum Gasteiger partial charge on any atom is 0.304 e. The third-order valence-electron chi connectivity index (χ3n) is 1.55. The van der Waals surface area contributed by atoms with Crippen LogP contribution in [0.2, 0.25) is 0 Å². The molecule has 0 aliphatic heterocycles. The van der Waals surface area contributed by atoms with Crippen molar-refractivity contribution in [1.82, 2.24) is 16.0 Å². The summed E-state index contributed by atoms with van der Waals surface area (Å²) >= 11 is 0. The molecule has 13 heavy (non-hydrogen) atoms. The Labute approximate surface area is 78.9 Å². The minimum Gasteiger partial charge on any atom is -0.481 e. The first-order valence-electron chi connectivity index (χ1n) is 4.55. The van der Waals surface area contributed by atoms with Crippen LogP contribution < -0.4 is 16.0 Å². The van der Waals surface area contributed by atoms with Gasteiger partial charge >= 0.3 is 5.97 Å². The van der Waals surface area contributed by atoms with Crippen molar-refractivity contribution in [3.05, 3.63) is 0 Å². The monoisotopic (exact) mass is 189 g/mol. The highest BCUT2D eigenvalue weighted by Crippen LogP contribution is 1.73. The number of carboxylic acid groups (broad SMARTS) is 1. The quantitative estimate of drug-likeness (QED) is 0.345. The van der Waals surface area contributed by atoms with Crippen LogP contribution in [0.15, 0.2) is 0 Å². The maximum atomic E-state index is 10.1. The van der Waals surface area contributed by atoms with Crippen LogP contribution in [0, 0.1) is 0 Å². The summed E-state index contributed by atoms with van der Waals surface area (Å²) in [5.74, 6) is -0.754. The van der Waals surface area contributed by atoms with Gasteiger partial charge in [0.15, 0.2) is 0 Å². The summed E-state index contributed by atoms with van der Waals surface area (Å²) in [6.45, 7) is 4.13. The van der Waals surface area contributed by atoms with Crippen LogP contribution in [0.3, 0.4) is 0 Å². The Kier molecular flexibility index (Phi) is 8.97. The lowest BCUT2D eigenvalue weighted by Gasteiger charge is -2.04. The fraction of sp³-hybridized carbons (Fsp3) is 0.875. The van der Waals surface area contributed by atoms with Crippen LogP contribution in [0.5, 0.6) is 0 Å². The molecule has 0 radical (unpaired) electrons. The number of hydrogen-bond acceptors (Lipinski definition) is 4. The van der Waals surface area contributed by atoms with Crippen molar-refractivity contribution in [2.24, 2.45) is 0 Å². The minimum atomic E-state index is -0.754. The van der Waals surface area contributed by atoms with Gasteiger partial charge in [0.25, 0.3) is 0 Å². The molecule has 78 valence electrons. The summed E-state index contributed by atoms with van der Waals surface area (Å²) in [5.41, 5.74) is 0. The van der Waals surface area contributed by atoms with E-state index in [1.807, 2.05) is 7.05 Å². The first kappa shape index (κ1) is 12.3. The third kappa shape index (κ3) is 11.3. The van der Waals surface area contributed by atoms with Crippen molar-refractivity contribution >= 4 is 5.97 Å². The first-order valence-corrected chi connectivity index (χ1v) is 4.55. The molecule has 0 aromatic heterocycles. The molecule has 5 nitrogen and oxygen atoms in total. The van der Waals surface area contributed by atoms with E-state index in [9.17, 15) is 4.79 Å². The van der Waals surface area contributed by atoms with Crippen molar-refractivity contribution in [1.29, 1.82) is 0 Å². The van der Waals surface area contributed by atoms with Gasteiger partial charge in [-0.3, -0.25) is 4.79 Å². The van der Waals surface area contributed by atoms with E-state index in [4.69, 9.17) is 5.11 Å². The molecular formula is C8H19N3O2. The number of nitrogens with one attached hydrogen (secondary N) is 3. The van der Waals surface area contributed by atoms with E-state index in [0.717, 1.165) is 26.2 Å². The number of rotatable bonds is 9. The van der Waals surface area contributed by atoms with Gasteiger partial charge in [0.05, 0.1) is 6.42 Å². The molecule has 4 N–H and O–H groups in total. The van der Waals surface area contributed by atoms with E-state index in [0.29, 0.717) is 6.54 Å². The largest absolute Gasteiger partial charge is 0.481 e. The molecule has 0 saturated heterocycles. The zero-order valence-electron chi connectivity index (χ0n) is 8.10. The van der Waals surface area contributed by atoms with Gasteiger partial charge in [0.2, 0.25) is 0 Å². The highest BCUT2D eigenvalue weighted by Gasteiger charge is 1.94. The average Bonchev–Trinajstić information content (AvgIpc) is 2.09. The van der Waals surface area contributed by atoms with Crippen LogP contribution >= 0.6 is 0 Å². The standard InChI is InChI=1S/C8H19N3O2/c1-9-4-5-11-7-6-10-3-2-8(12)13/h9-11H,2-7H2,1H3,(H,12,13). The van der Waals surface area contributed by atoms with Crippen LogP contribution in [0.1, 0.15) is 6.42 Å². The van der Waals surface area contributed by atoms with Crippen LogP contribution in [-0.4, -0.2) is 50.8 Å². The smallest absolute Gasteiger partial charge is 0.304 e. The van der Waals surface area contributed by atoms with E-state index in [-0.39, 0.29) is 6.42 Å². The molecule has 0 aromatic carbocycles. The molecule has 0 bridgehead atoms. The molecule has 0 saturated carbocycles. The van der Waals surface area contributed by atoms with Crippen molar-refractivity contribution in [3.63, 3.8) is 0 Å². The molecule has 0 aliphatic carbocycles. The molecule has 0 aromatic rings. The predicted octanol–water partition coefficient (Wildman–Crippen LogP) is -1.14. The normalized spacial score (nSPS) is 10.2.